The maximum absolute atomic E-state index is 15.4. The molecule has 1 aromatic heterocycles. The van der Waals surface area contributed by atoms with Crippen LogP contribution in [0.4, 0.5) is 4.39 Å². The predicted octanol–water partition coefficient (Wildman–Crippen LogP) is -0.439. The number of aromatic nitrogens is 1. The van der Waals surface area contributed by atoms with Crippen LogP contribution in [-0.4, -0.2) is 243 Å². The number of halogens is 1. The fraction of sp³-hybridized carbons (Fsp3) is 0.561. The molecule has 5 heterocycles. The standard InChI is InChI=1S/C66H86FN9O21/c1-4-66(87)47-32-52-61-46(38-75(52)37-45(47)64(85)97-65(66)86)60-49(11-10-44-42(3)48(67)33-50(74-61)59(44)60)72-57(81)39-96-40-71-55(79)35-70-62(83)51(31-43-8-6-5-7-9-43)73-56(80)36-69-54(78)34-68-53(77)12-14-88-16-18-90-20-22-92-24-26-94-28-29-95-27-25-93-23-21-91-19-17-89-15-13-76-58(82)30-41(2)63(76)84/h5-9,32-33,41,49,51,87H,4,10-31,34-40H2,1-3H3,(H,68,77)(H,69,78)(H,70,83)(H,71,79)(H,72,81)(H,73,80)/t41?,49-,51-,66-/m0/s1. The van der Waals surface area contributed by atoms with Crippen molar-refractivity contribution in [2.45, 2.75) is 83.5 Å². The van der Waals surface area contributed by atoms with Crippen molar-refractivity contribution in [2.75, 3.05) is 152 Å². The molecule has 2 aromatic carbocycles. The van der Waals surface area contributed by atoms with Gasteiger partial charge in [0, 0.05) is 54.3 Å². The number of nitrogens with one attached hydrogen (secondary N) is 6. The van der Waals surface area contributed by atoms with E-state index in [4.69, 9.17) is 52.4 Å². The molecule has 0 spiro atoms. The van der Waals surface area contributed by atoms with Gasteiger partial charge in [-0.1, -0.05) is 44.2 Å². The van der Waals surface area contributed by atoms with Crippen molar-refractivity contribution in [1.82, 2.24) is 46.7 Å². The smallest absolute Gasteiger partial charge is 0.350 e. The molecular weight excluding hydrogens is 1270 g/mol. The van der Waals surface area contributed by atoms with Crippen LogP contribution in [0.2, 0.25) is 0 Å². The minimum absolute atomic E-state index is 0.00943. The minimum Gasteiger partial charge on any atom is -0.387 e. The average Bonchev–Trinajstić information content (AvgIpc) is 1.73. The van der Waals surface area contributed by atoms with Crippen LogP contribution in [0, 0.1) is 18.7 Å². The number of imide groups is 1. The number of amides is 8. The number of benzene rings is 2. The fourth-order valence-electron chi connectivity index (χ4n) is 11.5. The number of carbonyl (C=O) groups excluding carboxylic acids is 10. The summed E-state index contributed by atoms with van der Waals surface area (Å²) in [4.78, 5) is 135. The number of rotatable bonds is 43. The van der Waals surface area contributed by atoms with Gasteiger partial charge in [-0.05, 0) is 54.5 Å². The van der Waals surface area contributed by atoms with Crippen LogP contribution in [-0.2, 0) is 115 Å². The maximum atomic E-state index is 15.4. The molecule has 31 heteroatoms. The Kier molecular flexibility index (Phi) is 28.8. The highest BCUT2D eigenvalue weighted by molar-refractivity contribution is 6.08. The molecule has 0 saturated carbocycles. The molecule has 0 radical (unpaired) electrons. The summed E-state index contributed by atoms with van der Waals surface area (Å²) < 4.78 is 69.6. The van der Waals surface area contributed by atoms with Gasteiger partial charge < -0.3 is 89.3 Å². The number of ether oxygens (including phenoxy) is 10. The number of aryl methyl sites for hydroxylation is 1. The van der Waals surface area contributed by atoms with E-state index in [1.165, 1.54) is 11.0 Å². The van der Waals surface area contributed by atoms with Crippen LogP contribution in [0.3, 0.4) is 0 Å². The highest BCUT2D eigenvalue weighted by Crippen LogP contribution is 2.48. The van der Waals surface area contributed by atoms with Gasteiger partial charge in [0.1, 0.15) is 25.2 Å². The first-order valence-corrected chi connectivity index (χ1v) is 32.4. The second-order valence-electron chi connectivity index (χ2n) is 23.3. The summed E-state index contributed by atoms with van der Waals surface area (Å²) in [5.41, 5.74) is 2.86. The molecule has 1 saturated heterocycles. The molecule has 1 fully saturated rings. The van der Waals surface area contributed by atoms with Crippen LogP contribution in [0.1, 0.15) is 79.1 Å². The van der Waals surface area contributed by atoms with Crippen molar-refractivity contribution in [3.05, 3.63) is 92.9 Å². The van der Waals surface area contributed by atoms with Crippen molar-refractivity contribution >= 4 is 75.8 Å². The van der Waals surface area contributed by atoms with E-state index in [0.717, 1.165) is 11.1 Å². The third-order valence-corrected chi connectivity index (χ3v) is 16.6. The monoisotopic (exact) mass is 1360 g/mol. The number of fused-ring (bicyclic) bond motifs is 4. The lowest BCUT2D eigenvalue weighted by molar-refractivity contribution is -0.172. The van der Waals surface area contributed by atoms with Crippen molar-refractivity contribution in [2.24, 2.45) is 5.92 Å². The molecule has 1 unspecified atom stereocenters. The number of nitrogens with zero attached hydrogens (tertiary/aromatic N) is 3. The Morgan fingerprint density at radius 2 is 1.29 bits per heavy atom. The number of hydrogen-bond donors (Lipinski definition) is 7. The van der Waals surface area contributed by atoms with E-state index in [1.54, 1.807) is 57.2 Å². The van der Waals surface area contributed by atoms with Crippen molar-refractivity contribution in [3.8, 4) is 0 Å². The molecular formula is C66H86FN9O21. The molecule has 8 rings (SSSR count). The van der Waals surface area contributed by atoms with Crippen LogP contribution in [0.15, 0.2) is 53.6 Å². The molecule has 528 valence electrons. The second kappa shape index (κ2) is 37.5. The van der Waals surface area contributed by atoms with Gasteiger partial charge in [0.2, 0.25) is 47.3 Å². The Bertz CT molecular complexity index is 3390. The van der Waals surface area contributed by atoms with Crippen molar-refractivity contribution < 1.29 is 105 Å². The molecule has 1 aliphatic carbocycles. The van der Waals surface area contributed by atoms with Crippen LogP contribution in [0.25, 0.3) is 16.6 Å². The third-order valence-electron chi connectivity index (χ3n) is 16.6. The zero-order chi connectivity index (χ0) is 69.3. The largest absolute Gasteiger partial charge is 0.387 e. The number of esters is 2. The van der Waals surface area contributed by atoms with Gasteiger partial charge in [-0.15, -0.1) is 0 Å². The van der Waals surface area contributed by atoms with E-state index in [-0.39, 0.29) is 101 Å². The average molecular weight is 1360 g/mol. The minimum atomic E-state index is -2.06. The third kappa shape index (κ3) is 21.1. The molecule has 4 aliphatic heterocycles. The molecule has 0 bridgehead atoms. The first-order chi connectivity index (χ1) is 46.9. The van der Waals surface area contributed by atoms with E-state index in [1.807, 2.05) is 4.90 Å². The lowest BCUT2D eigenvalue weighted by Crippen LogP contribution is -2.52. The highest BCUT2D eigenvalue weighted by Gasteiger charge is 2.50. The lowest BCUT2D eigenvalue weighted by atomic mass is 9.81. The van der Waals surface area contributed by atoms with Gasteiger partial charge in [0.15, 0.2) is 5.60 Å². The summed E-state index contributed by atoms with van der Waals surface area (Å²) in [7, 11) is 0. The van der Waals surface area contributed by atoms with Crippen LogP contribution >= 0.6 is 0 Å². The summed E-state index contributed by atoms with van der Waals surface area (Å²) in [6.07, 6.45) is 2.57. The predicted molar refractivity (Wildman–Crippen MR) is 339 cm³/mol. The Labute approximate surface area is 559 Å². The molecule has 4 atom stereocenters. The highest BCUT2D eigenvalue weighted by atomic mass is 19.1. The number of cyclic esters (lactones) is 2. The first-order valence-electron chi connectivity index (χ1n) is 32.4. The SMILES string of the molecule is CC[C@@]1(O)C(=O)OC(=O)C2=C1C=C1c3nc4cc(F)c(C)c5c4c(c3CN1C2)[C@@H](NC(=O)COCNC(=O)CNC(=O)[C@H](Cc1ccccc1)NC(=O)CNC(=O)CNC(=O)CCOCCOCCOCCOCCOCCOCCOCCOCCN1C(=O)CC(C)C1=O)CC5. The fourth-order valence-corrected chi connectivity index (χ4v) is 11.5. The quantitative estimate of drug-likeness (QED) is 0.0124. The molecule has 8 amide bonds. The molecule has 97 heavy (non-hydrogen) atoms. The Morgan fingerprint density at radius 1 is 0.711 bits per heavy atom. The number of likely N-dealkylation sites (tertiary alicyclic amines) is 1. The number of pyridine rings is 1. The second-order valence-corrected chi connectivity index (χ2v) is 23.3. The summed E-state index contributed by atoms with van der Waals surface area (Å²) in [6, 6.07) is 8.35. The Morgan fingerprint density at radius 3 is 1.90 bits per heavy atom. The summed E-state index contributed by atoms with van der Waals surface area (Å²) in [6.45, 7) is 8.54. The van der Waals surface area contributed by atoms with Gasteiger partial charge in [0.25, 0.3) is 0 Å². The van der Waals surface area contributed by atoms with E-state index in [0.29, 0.717) is 131 Å². The lowest BCUT2D eigenvalue weighted by Gasteiger charge is -2.36. The van der Waals surface area contributed by atoms with E-state index in [2.05, 4.69) is 31.9 Å². The topological polar surface area (TPSA) is 375 Å². The van der Waals surface area contributed by atoms with E-state index in [9.17, 15) is 53.1 Å². The Hall–Kier alpha value is -8.24. The number of carbonyl (C=O) groups is 10. The van der Waals surface area contributed by atoms with Gasteiger partial charge in [-0.2, -0.15) is 0 Å². The Balaban J connectivity index is 0.633. The number of aliphatic hydroxyl groups is 1. The zero-order valence-electron chi connectivity index (χ0n) is 54.8. The molecule has 30 nitrogen and oxygen atoms in total. The summed E-state index contributed by atoms with van der Waals surface area (Å²) in [5.74, 6) is -6.71. The van der Waals surface area contributed by atoms with Gasteiger partial charge in [-0.25, -0.2) is 19.0 Å². The van der Waals surface area contributed by atoms with Gasteiger partial charge >= 0.3 is 11.9 Å². The van der Waals surface area contributed by atoms with Crippen LogP contribution in [0.5, 0.6) is 0 Å². The van der Waals surface area contributed by atoms with E-state index < -0.39 is 104 Å². The van der Waals surface area contributed by atoms with Crippen molar-refractivity contribution in [3.63, 3.8) is 0 Å². The summed E-state index contributed by atoms with van der Waals surface area (Å²) >= 11 is 0. The molecule has 3 aromatic rings. The maximum Gasteiger partial charge on any atom is 0.350 e. The van der Waals surface area contributed by atoms with Crippen LogP contribution < -0.4 is 31.9 Å². The number of hydrogen-bond acceptors (Lipinski definition) is 23. The molecule has 7 N–H and O–H groups in total. The normalized spacial score (nSPS) is 18.1. The van der Waals surface area contributed by atoms with Gasteiger partial charge in [-0.3, -0.25) is 43.3 Å². The van der Waals surface area contributed by atoms with Crippen molar-refractivity contribution in [1.29, 1.82) is 0 Å². The first kappa shape index (κ1) is 74.5. The van der Waals surface area contributed by atoms with E-state index >= 15 is 4.39 Å². The summed E-state index contributed by atoms with van der Waals surface area (Å²) in [5, 5.41) is 27.5. The zero-order valence-corrected chi connectivity index (χ0v) is 54.8. The van der Waals surface area contributed by atoms with Gasteiger partial charge in [0.05, 0.1) is 167 Å². The molecule has 5 aliphatic rings.